The first-order valence-corrected chi connectivity index (χ1v) is 11.3. The number of rotatable bonds is 4. The van der Waals surface area contributed by atoms with Gasteiger partial charge in [0.05, 0.1) is 5.69 Å². The van der Waals surface area contributed by atoms with Crippen LogP contribution in [-0.4, -0.2) is 58.5 Å². The minimum atomic E-state index is 0.0583. The lowest BCUT2D eigenvalue weighted by Crippen LogP contribution is -2.49. The second-order valence-electron chi connectivity index (χ2n) is 8.26. The molecule has 8 nitrogen and oxygen atoms in total. The lowest BCUT2D eigenvalue weighted by molar-refractivity contribution is 0.0746. The number of hydrogen-bond acceptors (Lipinski definition) is 6. The zero-order valence-corrected chi connectivity index (χ0v) is 18.5. The van der Waals surface area contributed by atoms with Crippen LogP contribution in [0.3, 0.4) is 0 Å². The molecule has 0 aliphatic carbocycles. The zero-order chi connectivity index (χ0) is 22.9. The number of carbonyl (C=O) groups is 1. The van der Waals surface area contributed by atoms with Crippen molar-refractivity contribution in [2.45, 2.75) is 0 Å². The molecule has 0 N–H and O–H groups in total. The van der Waals surface area contributed by atoms with Crippen LogP contribution in [0.25, 0.3) is 16.9 Å². The van der Waals surface area contributed by atoms with Crippen molar-refractivity contribution >= 4 is 11.7 Å². The quantitative estimate of drug-likeness (QED) is 0.470. The molecule has 2 aliphatic rings. The summed E-state index contributed by atoms with van der Waals surface area (Å²) in [5.74, 6) is 2.34. The van der Waals surface area contributed by atoms with Crippen LogP contribution in [0.15, 0.2) is 79.1 Å². The second kappa shape index (κ2) is 8.55. The van der Waals surface area contributed by atoms with Crippen molar-refractivity contribution in [2.75, 3.05) is 37.9 Å². The Balaban J connectivity index is 1.08. The molecule has 0 saturated carbocycles. The van der Waals surface area contributed by atoms with E-state index in [1.807, 2.05) is 88.6 Å². The van der Waals surface area contributed by atoms with Gasteiger partial charge in [-0.1, -0.05) is 0 Å². The molecule has 1 saturated heterocycles. The topological polar surface area (TPSA) is 72.7 Å². The summed E-state index contributed by atoms with van der Waals surface area (Å²) in [6.45, 7) is 2.96. The summed E-state index contributed by atoms with van der Waals surface area (Å²) >= 11 is 0. The minimum Gasteiger partial charge on any atom is -0.454 e. The summed E-state index contributed by atoms with van der Waals surface area (Å²) < 4.78 is 12.8. The van der Waals surface area contributed by atoms with Gasteiger partial charge in [-0.3, -0.25) is 4.79 Å². The average Bonchev–Trinajstić information content (AvgIpc) is 3.61. The number of amides is 1. The lowest BCUT2D eigenvalue weighted by atomic mass is 10.1. The highest BCUT2D eigenvalue weighted by Gasteiger charge is 2.23. The molecule has 34 heavy (non-hydrogen) atoms. The van der Waals surface area contributed by atoms with E-state index in [2.05, 4.69) is 15.1 Å². The molecule has 1 amide bonds. The fraction of sp³-hybridized carbons (Fsp3) is 0.192. The van der Waals surface area contributed by atoms with Crippen molar-refractivity contribution in [3.8, 4) is 28.4 Å². The third-order valence-electron chi connectivity index (χ3n) is 6.23. The SMILES string of the molecule is O=C(c1ccc(-n2cccc2)cc1)N1CCN(c2ccc(-c3ccc4c(c3)OCO4)nn2)CC1. The lowest BCUT2D eigenvalue weighted by Gasteiger charge is -2.35. The molecule has 2 aliphatic heterocycles. The minimum absolute atomic E-state index is 0.0583. The van der Waals surface area contributed by atoms with Crippen LogP contribution in [0, 0.1) is 0 Å². The highest BCUT2D eigenvalue weighted by molar-refractivity contribution is 5.94. The van der Waals surface area contributed by atoms with Gasteiger partial charge in [-0.05, 0) is 66.7 Å². The van der Waals surface area contributed by atoms with Crippen LogP contribution in [0.5, 0.6) is 11.5 Å². The molecule has 170 valence electrons. The highest BCUT2D eigenvalue weighted by atomic mass is 16.7. The highest BCUT2D eigenvalue weighted by Crippen LogP contribution is 2.35. The molecule has 2 aromatic carbocycles. The van der Waals surface area contributed by atoms with Crippen LogP contribution < -0.4 is 14.4 Å². The fourth-order valence-electron chi connectivity index (χ4n) is 4.31. The second-order valence-corrected chi connectivity index (χ2v) is 8.26. The Labute approximate surface area is 197 Å². The standard InChI is InChI=1S/C26H23N5O3/c32-26(19-3-6-21(7-4-19)29-11-1-2-12-29)31-15-13-30(14-16-31)25-10-8-22(27-28-25)20-5-9-23-24(17-20)34-18-33-23/h1-12,17H,13-16,18H2. The van der Waals surface area contributed by atoms with Gasteiger partial charge in [-0.2, -0.15) is 0 Å². The summed E-state index contributed by atoms with van der Waals surface area (Å²) in [7, 11) is 0. The van der Waals surface area contributed by atoms with E-state index >= 15 is 0 Å². The number of anilines is 1. The van der Waals surface area contributed by atoms with E-state index in [0.29, 0.717) is 31.7 Å². The number of fused-ring (bicyclic) bond motifs is 1. The monoisotopic (exact) mass is 453 g/mol. The summed E-state index contributed by atoms with van der Waals surface area (Å²) in [5.41, 5.74) is 3.45. The molecule has 2 aromatic heterocycles. The number of ether oxygens (including phenoxy) is 2. The van der Waals surface area contributed by atoms with Gasteiger partial charge in [0, 0.05) is 55.4 Å². The summed E-state index contributed by atoms with van der Waals surface area (Å²) in [4.78, 5) is 17.0. The number of benzene rings is 2. The van der Waals surface area contributed by atoms with E-state index in [4.69, 9.17) is 9.47 Å². The molecular weight excluding hydrogens is 430 g/mol. The van der Waals surface area contributed by atoms with Gasteiger partial charge in [0.15, 0.2) is 17.3 Å². The van der Waals surface area contributed by atoms with Gasteiger partial charge in [0.25, 0.3) is 5.91 Å². The first-order chi connectivity index (χ1) is 16.7. The Morgan fingerprint density at radius 1 is 0.794 bits per heavy atom. The van der Waals surface area contributed by atoms with Gasteiger partial charge in [-0.25, -0.2) is 0 Å². The van der Waals surface area contributed by atoms with Crippen LogP contribution in [0.2, 0.25) is 0 Å². The van der Waals surface area contributed by atoms with Crippen LogP contribution in [0.1, 0.15) is 10.4 Å². The van der Waals surface area contributed by atoms with Gasteiger partial charge in [0.2, 0.25) is 6.79 Å². The van der Waals surface area contributed by atoms with Crippen molar-refractivity contribution in [3.63, 3.8) is 0 Å². The van der Waals surface area contributed by atoms with E-state index < -0.39 is 0 Å². The van der Waals surface area contributed by atoms with E-state index in [1.54, 1.807) is 0 Å². The number of hydrogen-bond donors (Lipinski definition) is 0. The van der Waals surface area contributed by atoms with Crippen molar-refractivity contribution in [3.05, 3.63) is 84.7 Å². The summed E-state index contributed by atoms with van der Waals surface area (Å²) in [5, 5.41) is 8.84. The van der Waals surface area contributed by atoms with Gasteiger partial charge in [-0.15, -0.1) is 10.2 Å². The van der Waals surface area contributed by atoms with E-state index in [9.17, 15) is 4.79 Å². The zero-order valence-electron chi connectivity index (χ0n) is 18.5. The Morgan fingerprint density at radius 2 is 1.56 bits per heavy atom. The Morgan fingerprint density at radius 3 is 2.29 bits per heavy atom. The molecule has 0 spiro atoms. The van der Waals surface area contributed by atoms with Crippen LogP contribution in [-0.2, 0) is 0 Å². The first kappa shape index (κ1) is 20.3. The molecule has 6 rings (SSSR count). The predicted octanol–water partition coefficient (Wildman–Crippen LogP) is 3.63. The molecule has 1 fully saturated rings. The Bertz CT molecular complexity index is 1300. The third-order valence-corrected chi connectivity index (χ3v) is 6.23. The van der Waals surface area contributed by atoms with Crippen molar-refractivity contribution in [1.82, 2.24) is 19.7 Å². The maximum absolute atomic E-state index is 13.0. The molecule has 4 aromatic rings. The maximum atomic E-state index is 13.0. The van der Waals surface area contributed by atoms with Crippen LogP contribution in [0.4, 0.5) is 5.82 Å². The molecular formula is C26H23N5O3. The molecule has 0 atom stereocenters. The predicted molar refractivity (Wildman–Crippen MR) is 127 cm³/mol. The molecule has 0 unspecified atom stereocenters. The first-order valence-electron chi connectivity index (χ1n) is 11.3. The van der Waals surface area contributed by atoms with Gasteiger partial charge >= 0.3 is 0 Å². The average molecular weight is 454 g/mol. The molecule has 0 radical (unpaired) electrons. The number of carbonyl (C=O) groups excluding carboxylic acids is 1. The smallest absolute Gasteiger partial charge is 0.253 e. The third kappa shape index (κ3) is 3.83. The van der Waals surface area contributed by atoms with Gasteiger partial charge < -0.3 is 23.8 Å². The Kier molecular flexibility index (Phi) is 5.10. The normalized spacial score (nSPS) is 14.9. The Hall–Kier alpha value is -4.33. The summed E-state index contributed by atoms with van der Waals surface area (Å²) in [6, 6.07) is 21.4. The molecule has 8 heteroatoms. The van der Waals surface area contributed by atoms with Crippen LogP contribution >= 0.6 is 0 Å². The maximum Gasteiger partial charge on any atom is 0.253 e. The molecule has 0 bridgehead atoms. The van der Waals surface area contributed by atoms with Crippen molar-refractivity contribution < 1.29 is 14.3 Å². The van der Waals surface area contributed by atoms with Gasteiger partial charge in [0.1, 0.15) is 0 Å². The summed E-state index contributed by atoms with van der Waals surface area (Å²) in [6.07, 6.45) is 3.97. The number of piperazine rings is 1. The number of nitrogens with zero attached hydrogens (tertiary/aromatic N) is 5. The number of aromatic nitrogens is 3. The van der Waals surface area contributed by atoms with E-state index in [1.165, 1.54) is 0 Å². The van der Waals surface area contributed by atoms with Crippen molar-refractivity contribution in [2.24, 2.45) is 0 Å². The van der Waals surface area contributed by atoms with E-state index in [-0.39, 0.29) is 12.7 Å². The fourth-order valence-corrected chi connectivity index (χ4v) is 4.31. The van der Waals surface area contributed by atoms with E-state index in [0.717, 1.165) is 34.3 Å². The molecule has 4 heterocycles. The van der Waals surface area contributed by atoms with Crippen molar-refractivity contribution in [1.29, 1.82) is 0 Å². The largest absolute Gasteiger partial charge is 0.454 e.